The van der Waals surface area contributed by atoms with E-state index >= 15 is 0 Å². The normalized spacial score (nSPS) is 16.7. The highest BCUT2D eigenvalue weighted by atomic mass is 32.2. The van der Waals surface area contributed by atoms with Crippen LogP contribution in [0.15, 0.2) is 9.42 Å². The zero-order valence-electron chi connectivity index (χ0n) is 15.7. The van der Waals surface area contributed by atoms with Gasteiger partial charge in [-0.2, -0.15) is 4.31 Å². The van der Waals surface area contributed by atoms with Gasteiger partial charge in [-0.05, 0) is 39.7 Å². The fourth-order valence-corrected chi connectivity index (χ4v) is 5.05. The molecule has 2 heterocycles. The Balaban J connectivity index is 1.92. The Bertz CT molecular complexity index is 682. The Morgan fingerprint density at radius 1 is 1.12 bits per heavy atom. The lowest BCUT2D eigenvalue weighted by Gasteiger charge is -2.22. The Morgan fingerprint density at radius 3 is 2.50 bits per heavy atom. The van der Waals surface area contributed by atoms with Gasteiger partial charge in [-0.3, -0.25) is 4.79 Å². The number of aromatic nitrogens is 1. The fraction of sp³-hybridized carbons (Fsp3) is 0.765. The van der Waals surface area contributed by atoms with Gasteiger partial charge in [0, 0.05) is 32.6 Å². The second-order valence-corrected chi connectivity index (χ2v) is 8.62. The number of amides is 1. The van der Waals surface area contributed by atoms with Gasteiger partial charge in [-0.25, -0.2) is 8.42 Å². The molecule has 0 atom stereocenters. The van der Waals surface area contributed by atoms with Gasteiger partial charge in [-0.15, -0.1) is 0 Å². The number of nitrogens with two attached hydrogens (primary N) is 1. The minimum absolute atomic E-state index is 0.106. The Kier molecular flexibility index (Phi) is 7.60. The molecule has 0 aliphatic carbocycles. The number of nitrogens with zero attached hydrogens (tertiary/aromatic N) is 3. The summed E-state index contributed by atoms with van der Waals surface area (Å²) in [5, 5.41) is 3.75. The molecular formula is C17H30N4O4S. The molecular weight excluding hydrogens is 356 g/mol. The van der Waals surface area contributed by atoms with E-state index in [2.05, 4.69) is 5.16 Å². The molecule has 9 heteroatoms. The van der Waals surface area contributed by atoms with Crippen LogP contribution in [0.2, 0.25) is 0 Å². The minimum atomic E-state index is -3.65. The molecule has 1 fully saturated rings. The molecule has 148 valence electrons. The number of sulfonamides is 1. The maximum atomic E-state index is 12.9. The van der Waals surface area contributed by atoms with Gasteiger partial charge in [0.2, 0.25) is 15.9 Å². The first-order valence-corrected chi connectivity index (χ1v) is 10.7. The van der Waals surface area contributed by atoms with E-state index in [1.165, 1.54) is 4.31 Å². The van der Waals surface area contributed by atoms with Crippen molar-refractivity contribution in [1.29, 1.82) is 0 Å². The molecule has 1 saturated heterocycles. The third kappa shape index (κ3) is 5.05. The van der Waals surface area contributed by atoms with Gasteiger partial charge in [-0.1, -0.05) is 18.0 Å². The van der Waals surface area contributed by atoms with Crippen molar-refractivity contribution in [1.82, 2.24) is 14.4 Å². The van der Waals surface area contributed by atoms with Crippen LogP contribution in [0.25, 0.3) is 0 Å². The van der Waals surface area contributed by atoms with E-state index in [1.807, 2.05) is 0 Å². The predicted octanol–water partition coefficient (Wildman–Crippen LogP) is 1.42. The molecule has 26 heavy (non-hydrogen) atoms. The molecule has 1 aliphatic heterocycles. The fourth-order valence-electron chi connectivity index (χ4n) is 3.29. The average molecular weight is 387 g/mol. The highest BCUT2D eigenvalue weighted by molar-refractivity contribution is 7.89. The summed E-state index contributed by atoms with van der Waals surface area (Å²) >= 11 is 0. The number of rotatable bonds is 8. The molecule has 0 unspecified atom stereocenters. The third-order valence-electron chi connectivity index (χ3n) is 4.72. The molecule has 1 aromatic heterocycles. The summed E-state index contributed by atoms with van der Waals surface area (Å²) in [4.78, 5) is 14.3. The summed E-state index contributed by atoms with van der Waals surface area (Å²) < 4.78 is 32.3. The van der Waals surface area contributed by atoms with Crippen LogP contribution in [0.5, 0.6) is 0 Å². The number of hydrogen-bond acceptors (Lipinski definition) is 6. The van der Waals surface area contributed by atoms with E-state index in [0.717, 1.165) is 25.7 Å². The third-order valence-corrected chi connectivity index (χ3v) is 6.86. The molecule has 0 spiro atoms. The van der Waals surface area contributed by atoms with E-state index in [4.69, 9.17) is 10.3 Å². The second-order valence-electron chi connectivity index (χ2n) is 6.74. The molecule has 2 rings (SSSR count). The monoisotopic (exact) mass is 386 g/mol. The van der Waals surface area contributed by atoms with Gasteiger partial charge >= 0.3 is 0 Å². The molecule has 2 N–H and O–H groups in total. The molecule has 1 aliphatic rings. The van der Waals surface area contributed by atoms with Crippen molar-refractivity contribution < 1.29 is 17.7 Å². The molecule has 0 bridgehead atoms. The van der Waals surface area contributed by atoms with Crippen molar-refractivity contribution >= 4 is 15.9 Å². The SMILES string of the molecule is Cc1noc(C)c1S(=O)(=O)N1CCCN(C(=O)CCCCCCN)CC1. The summed E-state index contributed by atoms with van der Waals surface area (Å²) in [5.41, 5.74) is 5.84. The van der Waals surface area contributed by atoms with E-state index in [0.29, 0.717) is 57.0 Å². The summed E-state index contributed by atoms with van der Waals surface area (Å²) in [6.07, 6.45) is 5.04. The first-order chi connectivity index (χ1) is 12.4. The van der Waals surface area contributed by atoms with Crippen molar-refractivity contribution in [3.05, 3.63) is 11.5 Å². The molecule has 0 saturated carbocycles. The molecule has 8 nitrogen and oxygen atoms in total. The average Bonchev–Trinajstić information content (AvgIpc) is 2.81. The van der Waals surface area contributed by atoms with Gasteiger partial charge in [0.25, 0.3) is 0 Å². The van der Waals surface area contributed by atoms with Crippen LogP contribution >= 0.6 is 0 Å². The lowest BCUT2D eigenvalue weighted by Crippen LogP contribution is -2.37. The smallest absolute Gasteiger partial charge is 0.248 e. The Hall–Kier alpha value is -1.45. The Morgan fingerprint density at radius 2 is 1.85 bits per heavy atom. The Labute approximate surface area is 155 Å². The molecule has 1 aromatic rings. The maximum absolute atomic E-state index is 12.9. The van der Waals surface area contributed by atoms with Crippen molar-refractivity contribution in [2.75, 3.05) is 32.7 Å². The number of aryl methyl sites for hydroxylation is 2. The van der Waals surface area contributed by atoms with Crippen molar-refractivity contribution in [3.63, 3.8) is 0 Å². The number of carbonyl (C=O) groups excluding carboxylic acids is 1. The van der Waals surface area contributed by atoms with Gasteiger partial charge < -0.3 is 15.2 Å². The van der Waals surface area contributed by atoms with Gasteiger partial charge in [0.15, 0.2) is 5.76 Å². The lowest BCUT2D eigenvalue weighted by molar-refractivity contribution is -0.131. The van der Waals surface area contributed by atoms with Crippen LogP contribution in [-0.4, -0.2) is 61.4 Å². The van der Waals surface area contributed by atoms with E-state index < -0.39 is 10.0 Å². The number of unbranched alkanes of at least 4 members (excludes halogenated alkanes) is 3. The quantitative estimate of drug-likeness (QED) is 0.677. The zero-order valence-corrected chi connectivity index (χ0v) is 16.6. The standard InChI is InChI=1S/C17H30N4O4S/c1-14-17(15(2)25-19-14)26(23,24)21-11-7-10-20(12-13-21)16(22)8-5-3-4-6-9-18/h3-13,18H2,1-2H3. The molecule has 0 aromatic carbocycles. The van der Waals surface area contributed by atoms with Crippen LogP contribution in [0.1, 0.15) is 50.0 Å². The highest BCUT2D eigenvalue weighted by Crippen LogP contribution is 2.24. The molecule has 1 amide bonds. The van der Waals surface area contributed by atoms with Crippen LogP contribution < -0.4 is 5.73 Å². The van der Waals surface area contributed by atoms with Crippen molar-refractivity contribution in [3.8, 4) is 0 Å². The second kappa shape index (κ2) is 9.48. The van der Waals surface area contributed by atoms with Crippen molar-refractivity contribution in [2.24, 2.45) is 5.73 Å². The summed E-state index contributed by atoms with van der Waals surface area (Å²) in [5.74, 6) is 0.409. The van der Waals surface area contributed by atoms with E-state index in [9.17, 15) is 13.2 Å². The largest absolute Gasteiger partial charge is 0.360 e. The van der Waals surface area contributed by atoms with Crippen LogP contribution in [0.3, 0.4) is 0 Å². The first-order valence-electron chi connectivity index (χ1n) is 9.28. The van der Waals surface area contributed by atoms with Crippen LogP contribution in [-0.2, 0) is 14.8 Å². The van der Waals surface area contributed by atoms with Crippen LogP contribution in [0, 0.1) is 13.8 Å². The summed E-state index contributed by atoms with van der Waals surface area (Å²) in [6, 6.07) is 0. The minimum Gasteiger partial charge on any atom is -0.360 e. The zero-order chi connectivity index (χ0) is 19.2. The highest BCUT2D eigenvalue weighted by Gasteiger charge is 2.32. The predicted molar refractivity (Wildman–Crippen MR) is 98.1 cm³/mol. The molecule has 0 radical (unpaired) electrons. The summed E-state index contributed by atoms with van der Waals surface area (Å²) in [7, 11) is -3.65. The van der Waals surface area contributed by atoms with E-state index in [1.54, 1.807) is 18.7 Å². The number of carbonyl (C=O) groups is 1. The number of hydrogen-bond donors (Lipinski definition) is 1. The first kappa shape index (κ1) is 20.9. The van der Waals surface area contributed by atoms with Crippen LogP contribution in [0.4, 0.5) is 0 Å². The van der Waals surface area contributed by atoms with E-state index in [-0.39, 0.29) is 10.8 Å². The lowest BCUT2D eigenvalue weighted by atomic mass is 10.1. The topological polar surface area (TPSA) is 110 Å². The summed E-state index contributed by atoms with van der Waals surface area (Å²) in [6.45, 7) is 5.62. The van der Waals surface area contributed by atoms with Gasteiger partial charge in [0.1, 0.15) is 10.6 Å². The van der Waals surface area contributed by atoms with Gasteiger partial charge in [0.05, 0.1) is 0 Å². The maximum Gasteiger partial charge on any atom is 0.248 e. The van der Waals surface area contributed by atoms with Crippen molar-refractivity contribution in [2.45, 2.75) is 57.3 Å².